The maximum Gasteiger partial charge on any atom is 0.414 e. The third-order valence-corrected chi connectivity index (χ3v) is 11.2. The molecule has 0 radical (unpaired) electrons. The molecule has 186 valence electrons. The Hall–Kier alpha value is -0.290. The Balaban J connectivity index is 1.41. The van der Waals surface area contributed by atoms with E-state index in [-0.39, 0.29) is 6.42 Å². The van der Waals surface area contributed by atoms with E-state index in [0.29, 0.717) is 35.0 Å². The summed E-state index contributed by atoms with van der Waals surface area (Å²) in [4.78, 5) is 0. The second-order valence-corrected chi connectivity index (χ2v) is 13.1. The standard InChI is InChI=1S/C27H45F3O2/c1-17(6-5-7-23(31)27(28,29)30)20-10-11-21-19-9-8-18-16-24(2,32)14-15-25(18,3)22(19)12-13-26(20,21)4/h17-23,31-32H,5-16H2,1-4H3/t17-,18+,19+,20-,21+,22+,23-,24+,25+,26-/m1/s1. The molecule has 32 heavy (non-hydrogen) atoms. The van der Waals surface area contributed by atoms with Gasteiger partial charge >= 0.3 is 6.18 Å². The normalized spacial score (nSPS) is 48.5. The number of hydrogen-bond donors (Lipinski definition) is 2. The van der Waals surface area contributed by atoms with Crippen LogP contribution in [0.5, 0.6) is 0 Å². The molecule has 0 aliphatic heterocycles. The fourth-order valence-corrected chi connectivity index (χ4v) is 9.40. The number of fused-ring (bicyclic) bond motifs is 5. The maximum atomic E-state index is 12.6. The lowest BCUT2D eigenvalue weighted by molar-refractivity contribution is -0.205. The van der Waals surface area contributed by atoms with Crippen LogP contribution in [0.1, 0.15) is 105 Å². The molecule has 0 spiro atoms. The van der Waals surface area contributed by atoms with E-state index in [4.69, 9.17) is 0 Å². The van der Waals surface area contributed by atoms with Gasteiger partial charge in [0.05, 0.1) is 5.60 Å². The summed E-state index contributed by atoms with van der Waals surface area (Å²) in [5.41, 5.74) is 0.185. The van der Waals surface area contributed by atoms with Gasteiger partial charge in [-0.2, -0.15) is 13.2 Å². The maximum absolute atomic E-state index is 12.6. The van der Waals surface area contributed by atoms with Crippen LogP contribution in [0.15, 0.2) is 0 Å². The van der Waals surface area contributed by atoms with Crippen LogP contribution in [0.3, 0.4) is 0 Å². The molecule has 4 saturated carbocycles. The highest BCUT2D eigenvalue weighted by molar-refractivity contribution is 5.10. The number of halogens is 3. The number of aliphatic hydroxyl groups excluding tert-OH is 1. The Morgan fingerprint density at radius 3 is 2.25 bits per heavy atom. The molecular weight excluding hydrogens is 413 g/mol. The molecule has 0 aromatic heterocycles. The second-order valence-electron chi connectivity index (χ2n) is 13.1. The average Bonchev–Trinajstić information content (AvgIpc) is 3.05. The van der Waals surface area contributed by atoms with E-state index in [1.807, 2.05) is 6.92 Å². The molecule has 0 aromatic carbocycles. The molecule has 10 atom stereocenters. The van der Waals surface area contributed by atoms with Gasteiger partial charge in [0.1, 0.15) is 6.10 Å². The predicted octanol–water partition coefficient (Wildman–Crippen LogP) is 7.13. The zero-order valence-corrected chi connectivity index (χ0v) is 20.6. The van der Waals surface area contributed by atoms with Crippen LogP contribution in [0.2, 0.25) is 0 Å². The summed E-state index contributed by atoms with van der Waals surface area (Å²) in [6.45, 7) is 9.28. The van der Waals surface area contributed by atoms with E-state index < -0.39 is 17.9 Å². The van der Waals surface area contributed by atoms with Gasteiger partial charge in [-0.25, -0.2) is 0 Å². The van der Waals surface area contributed by atoms with Crippen LogP contribution in [-0.2, 0) is 0 Å². The smallest absolute Gasteiger partial charge is 0.390 e. The highest BCUT2D eigenvalue weighted by Gasteiger charge is 2.61. The third kappa shape index (κ3) is 4.27. The van der Waals surface area contributed by atoms with Crippen molar-refractivity contribution in [2.24, 2.45) is 46.3 Å². The van der Waals surface area contributed by atoms with Crippen LogP contribution < -0.4 is 0 Å². The molecule has 2 N–H and O–H groups in total. The number of aliphatic hydroxyl groups is 2. The lowest BCUT2D eigenvalue weighted by Gasteiger charge is -2.62. The van der Waals surface area contributed by atoms with E-state index in [9.17, 15) is 23.4 Å². The molecule has 0 unspecified atom stereocenters. The summed E-state index contributed by atoms with van der Waals surface area (Å²) in [6.07, 6.45) is 4.97. The quantitative estimate of drug-likeness (QED) is 0.460. The zero-order chi connectivity index (χ0) is 23.5. The SMILES string of the molecule is C[C@H](CCC[C@@H](O)C(F)(F)F)[C@H]1CC[C@H]2[C@@H]3CC[C@H]4C[C@@](C)(O)CC[C@]4(C)[C@H]3CC[C@]12C. The van der Waals surface area contributed by atoms with Crippen molar-refractivity contribution in [3.05, 3.63) is 0 Å². The summed E-state index contributed by atoms with van der Waals surface area (Å²) >= 11 is 0. The van der Waals surface area contributed by atoms with Gasteiger partial charge in [0, 0.05) is 0 Å². The molecule has 4 aliphatic rings. The summed E-state index contributed by atoms with van der Waals surface area (Å²) < 4.78 is 37.9. The molecule has 0 saturated heterocycles. The van der Waals surface area contributed by atoms with Gasteiger partial charge in [0.2, 0.25) is 0 Å². The van der Waals surface area contributed by atoms with E-state index in [1.54, 1.807) is 0 Å². The van der Waals surface area contributed by atoms with Gasteiger partial charge in [0.25, 0.3) is 0 Å². The molecule has 4 aliphatic carbocycles. The first kappa shape index (κ1) is 24.8. The summed E-state index contributed by atoms with van der Waals surface area (Å²) in [5.74, 6) is 3.95. The van der Waals surface area contributed by atoms with Gasteiger partial charge in [-0.05, 0) is 117 Å². The Morgan fingerprint density at radius 1 is 0.875 bits per heavy atom. The van der Waals surface area contributed by atoms with Gasteiger partial charge in [-0.15, -0.1) is 0 Å². The Bertz CT molecular complexity index is 676. The van der Waals surface area contributed by atoms with E-state index in [0.717, 1.165) is 43.4 Å². The summed E-state index contributed by atoms with van der Waals surface area (Å²) in [5, 5.41) is 20.0. The van der Waals surface area contributed by atoms with E-state index >= 15 is 0 Å². The fourth-order valence-electron chi connectivity index (χ4n) is 9.40. The lowest BCUT2D eigenvalue weighted by Crippen LogP contribution is -2.55. The van der Waals surface area contributed by atoms with Crippen molar-refractivity contribution in [3.8, 4) is 0 Å². The molecule has 4 fully saturated rings. The number of alkyl halides is 3. The lowest BCUT2D eigenvalue weighted by atomic mass is 9.43. The van der Waals surface area contributed by atoms with Crippen LogP contribution in [0.25, 0.3) is 0 Å². The van der Waals surface area contributed by atoms with Crippen LogP contribution in [0, 0.1) is 46.3 Å². The van der Waals surface area contributed by atoms with Crippen molar-refractivity contribution in [1.29, 1.82) is 0 Å². The minimum atomic E-state index is -4.49. The van der Waals surface area contributed by atoms with E-state index in [2.05, 4.69) is 20.8 Å². The Labute approximate surface area is 192 Å². The van der Waals surface area contributed by atoms with Gasteiger partial charge in [-0.3, -0.25) is 0 Å². The molecule has 0 heterocycles. The van der Waals surface area contributed by atoms with Crippen molar-refractivity contribution in [3.63, 3.8) is 0 Å². The molecule has 5 heteroatoms. The van der Waals surface area contributed by atoms with Crippen molar-refractivity contribution in [1.82, 2.24) is 0 Å². The van der Waals surface area contributed by atoms with Gasteiger partial charge in [0.15, 0.2) is 0 Å². The van der Waals surface area contributed by atoms with Crippen LogP contribution >= 0.6 is 0 Å². The molecule has 0 amide bonds. The Morgan fingerprint density at radius 2 is 1.56 bits per heavy atom. The fraction of sp³-hybridized carbons (Fsp3) is 1.00. The third-order valence-electron chi connectivity index (χ3n) is 11.2. The monoisotopic (exact) mass is 458 g/mol. The molecule has 0 bridgehead atoms. The topological polar surface area (TPSA) is 40.5 Å². The zero-order valence-electron chi connectivity index (χ0n) is 20.6. The molecule has 2 nitrogen and oxygen atoms in total. The number of rotatable bonds is 5. The first-order valence-corrected chi connectivity index (χ1v) is 13.2. The van der Waals surface area contributed by atoms with Crippen LogP contribution in [0.4, 0.5) is 13.2 Å². The summed E-state index contributed by atoms with van der Waals surface area (Å²) in [7, 11) is 0. The Kier molecular flexibility index (Phi) is 6.54. The molecular formula is C27H45F3O2. The van der Waals surface area contributed by atoms with Crippen molar-refractivity contribution < 1.29 is 23.4 Å². The highest BCUT2D eigenvalue weighted by atomic mass is 19.4. The van der Waals surface area contributed by atoms with Crippen molar-refractivity contribution >= 4 is 0 Å². The number of hydrogen-bond acceptors (Lipinski definition) is 2. The average molecular weight is 459 g/mol. The van der Waals surface area contributed by atoms with Crippen molar-refractivity contribution in [2.75, 3.05) is 0 Å². The van der Waals surface area contributed by atoms with E-state index in [1.165, 1.54) is 38.5 Å². The predicted molar refractivity (Wildman–Crippen MR) is 121 cm³/mol. The molecule has 4 rings (SSSR count). The van der Waals surface area contributed by atoms with Gasteiger partial charge < -0.3 is 10.2 Å². The molecule has 0 aromatic rings. The highest BCUT2D eigenvalue weighted by Crippen LogP contribution is 2.68. The van der Waals surface area contributed by atoms with Crippen LogP contribution in [-0.4, -0.2) is 28.1 Å². The van der Waals surface area contributed by atoms with Crippen molar-refractivity contribution in [2.45, 2.75) is 123 Å². The minimum Gasteiger partial charge on any atom is -0.390 e. The summed E-state index contributed by atoms with van der Waals surface area (Å²) in [6, 6.07) is 0. The minimum absolute atomic E-state index is 0.172. The largest absolute Gasteiger partial charge is 0.414 e. The first-order chi connectivity index (χ1) is 14.8. The first-order valence-electron chi connectivity index (χ1n) is 13.2. The second kappa shape index (κ2) is 8.43. The van der Waals surface area contributed by atoms with Gasteiger partial charge in [-0.1, -0.05) is 33.6 Å².